The van der Waals surface area contributed by atoms with E-state index in [4.69, 9.17) is 4.74 Å². The molecule has 1 aliphatic heterocycles. The number of nitrogens with one attached hydrogen (secondary N) is 2. The lowest BCUT2D eigenvalue weighted by Gasteiger charge is -2.26. The number of nitrogens with zero attached hydrogens (tertiary/aromatic N) is 1. The average molecular weight is 417 g/mol. The molecule has 2 aromatic carbocycles. The smallest absolute Gasteiger partial charge is 0.251 e. The zero-order valence-corrected chi connectivity index (χ0v) is 16.9. The van der Waals surface area contributed by atoms with Crippen molar-refractivity contribution in [1.29, 1.82) is 0 Å². The molecule has 0 radical (unpaired) electrons. The first-order chi connectivity index (χ1) is 13.9. The quantitative estimate of drug-likeness (QED) is 0.739. The van der Waals surface area contributed by atoms with Crippen LogP contribution in [0.25, 0.3) is 0 Å². The van der Waals surface area contributed by atoms with Crippen molar-refractivity contribution in [2.75, 3.05) is 38.2 Å². The van der Waals surface area contributed by atoms with E-state index in [1.807, 2.05) is 13.0 Å². The van der Waals surface area contributed by atoms with E-state index < -0.39 is 15.9 Å². The van der Waals surface area contributed by atoms with Crippen LogP contribution >= 0.6 is 0 Å². The van der Waals surface area contributed by atoms with Gasteiger partial charge in [0.1, 0.15) is 0 Å². The number of amides is 2. The number of rotatable bonds is 6. The van der Waals surface area contributed by atoms with E-state index in [-0.39, 0.29) is 17.3 Å². The summed E-state index contributed by atoms with van der Waals surface area (Å²) < 4.78 is 32.0. The van der Waals surface area contributed by atoms with Crippen molar-refractivity contribution in [3.8, 4) is 0 Å². The van der Waals surface area contributed by atoms with Crippen LogP contribution in [-0.4, -0.2) is 57.4 Å². The molecule has 0 saturated carbocycles. The van der Waals surface area contributed by atoms with Crippen molar-refractivity contribution >= 4 is 27.5 Å². The molecule has 0 atom stereocenters. The second-order valence-corrected chi connectivity index (χ2v) is 8.58. The van der Waals surface area contributed by atoms with Gasteiger partial charge in [-0.05, 0) is 37.3 Å². The highest BCUT2D eigenvalue weighted by Gasteiger charge is 2.26. The van der Waals surface area contributed by atoms with Crippen molar-refractivity contribution in [3.05, 3.63) is 59.7 Å². The van der Waals surface area contributed by atoms with Gasteiger partial charge in [0.05, 0.1) is 24.7 Å². The molecule has 0 spiro atoms. The van der Waals surface area contributed by atoms with E-state index >= 15 is 0 Å². The van der Waals surface area contributed by atoms with E-state index in [1.54, 1.807) is 30.3 Å². The molecule has 0 aliphatic carbocycles. The van der Waals surface area contributed by atoms with Crippen LogP contribution in [0.4, 0.5) is 5.69 Å². The average Bonchev–Trinajstić information content (AvgIpc) is 2.73. The number of hydrogen-bond donors (Lipinski definition) is 2. The first-order valence-electron chi connectivity index (χ1n) is 9.19. The summed E-state index contributed by atoms with van der Waals surface area (Å²) in [5.41, 5.74) is 1.76. The van der Waals surface area contributed by atoms with Gasteiger partial charge in [-0.3, -0.25) is 9.59 Å². The molecule has 154 valence electrons. The van der Waals surface area contributed by atoms with E-state index in [0.717, 1.165) is 5.56 Å². The standard InChI is InChI=1S/C20H23N3O5S/c1-15-4-2-5-16(12-15)20(25)21-14-19(24)22-17-6-3-7-18(13-17)29(26,27)23-8-10-28-11-9-23/h2-7,12-13H,8-11,14H2,1H3,(H,21,25)(H,22,24). The van der Waals surface area contributed by atoms with Crippen LogP contribution in [0.5, 0.6) is 0 Å². The van der Waals surface area contributed by atoms with Gasteiger partial charge >= 0.3 is 0 Å². The molecule has 3 rings (SSSR count). The van der Waals surface area contributed by atoms with E-state index in [9.17, 15) is 18.0 Å². The van der Waals surface area contributed by atoms with Crippen LogP contribution in [0.2, 0.25) is 0 Å². The van der Waals surface area contributed by atoms with Crippen molar-refractivity contribution in [2.45, 2.75) is 11.8 Å². The van der Waals surface area contributed by atoms with Crippen LogP contribution in [0, 0.1) is 6.92 Å². The zero-order valence-electron chi connectivity index (χ0n) is 16.1. The second kappa shape index (κ2) is 9.17. The summed E-state index contributed by atoms with van der Waals surface area (Å²) in [5, 5.41) is 5.17. The van der Waals surface area contributed by atoms with Crippen LogP contribution < -0.4 is 10.6 Å². The van der Waals surface area contributed by atoms with Gasteiger partial charge in [0.2, 0.25) is 15.9 Å². The number of carbonyl (C=O) groups excluding carboxylic acids is 2. The molecule has 0 aromatic heterocycles. The molecule has 8 nitrogen and oxygen atoms in total. The summed E-state index contributed by atoms with van der Waals surface area (Å²) in [4.78, 5) is 24.4. The lowest BCUT2D eigenvalue weighted by atomic mass is 10.1. The number of hydrogen-bond acceptors (Lipinski definition) is 5. The van der Waals surface area contributed by atoms with Gasteiger partial charge in [0.25, 0.3) is 5.91 Å². The Morgan fingerprint density at radius 2 is 1.79 bits per heavy atom. The third-order valence-electron chi connectivity index (χ3n) is 4.42. The van der Waals surface area contributed by atoms with Crippen LogP contribution in [0.1, 0.15) is 15.9 Å². The summed E-state index contributed by atoms with van der Waals surface area (Å²) in [6, 6.07) is 13.1. The molecule has 1 saturated heterocycles. The summed E-state index contributed by atoms with van der Waals surface area (Å²) >= 11 is 0. The van der Waals surface area contributed by atoms with Crippen molar-refractivity contribution in [1.82, 2.24) is 9.62 Å². The fourth-order valence-corrected chi connectivity index (χ4v) is 4.38. The van der Waals surface area contributed by atoms with Gasteiger partial charge in [-0.25, -0.2) is 8.42 Å². The predicted octanol–water partition coefficient (Wildman–Crippen LogP) is 1.38. The summed E-state index contributed by atoms with van der Waals surface area (Å²) in [7, 11) is -3.65. The summed E-state index contributed by atoms with van der Waals surface area (Å²) in [6.45, 7) is 2.95. The Hall–Kier alpha value is -2.75. The van der Waals surface area contributed by atoms with Gasteiger partial charge in [0, 0.05) is 24.3 Å². The van der Waals surface area contributed by atoms with Crippen LogP contribution in [0.3, 0.4) is 0 Å². The second-order valence-electron chi connectivity index (χ2n) is 6.64. The minimum atomic E-state index is -3.65. The van der Waals surface area contributed by atoms with Gasteiger partial charge in [-0.1, -0.05) is 23.8 Å². The number of benzene rings is 2. The first kappa shape index (κ1) is 21.0. The lowest BCUT2D eigenvalue weighted by Crippen LogP contribution is -2.40. The molecule has 1 aliphatic rings. The Kier molecular flexibility index (Phi) is 6.63. The van der Waals surface area contributed by atoms with Gasteiger partial charge < -0.3 is 15.4 Å². The minimum absolute atomic E-state index is 0.0981. The fourth-order valence-electron chi connectivity index (χ4n) is 2.92. The van der Waals surface area contributed by atoms with Gasteiger partial charge in [-0.15, -0.1) is 0 Å². The molecule has 9 heteroatoms. The van der Waals surface area contributed by atoms with E-state index in [2.05, 4.69) is 10.6 Å². The SMILES string of the molecule is Cc1cccc(C(=O)NCC(=O)Nc2cccc(S(=O)(=O)N3CCOCC3)c2)c1. The van der Waals surface area contributed by atoms with Crippen molar-refractivity contribution < 1.29 is 22.7 Å². The Labute approximate surface area is 169 Å². The predicted molar refractivity (Wildman–Crippen MR) is 108 cm³/mol. The monoisotopic (exact) mass is 417 g/mol. The van der Waals surface area contributed by atoms with Crippen molar-refractivity contribution in [2.24, 2.45) is 0 Å². The molecule has 2 amide bonds. The number of ether oxygens (including phenoxy) is 1. The summed E-state index contributed by atoms with van der Waals surface area (Å²) in [6.07, 6.45) is 0. The largest absolute Gasteiger partial charge is 0.379 e. The maximum Gasteiger partial charge on any atom is 0.251 e. The Balaban J connectivity index is 1.61. The highest BCUT2D eigenvalue weighted by Crippen LogP contribution is 2.20. The van der Waals surface area contributed by atoms with Gasteiger partial charge in [0.15, 0.2) is 0 Å². The third-order valence-corrected chi connectivity index (χ3v) is 6.31. The Bertz CT molecular complexity index is 1000. The Morgan fingerprint density at radius 1 is 1.07 bits per heavy atom. The normalized spacial score (nSPS) is 14.9. The molecule has 2 aromatic rings. The first-order valence-corrected chi connectivity index (χ1v) is 10.6. The maximum absolute atomic E-state index is 12.7. The molecule has 1 fully saturated rings. The molecular weight excluding hydrogens is 394 g/mol. The number of anilines is 1. The molecular formula is C20H23N3O5S. The van der Waals surface area contributed by atoms with Crippen LogP contribution in [-0.2, 0) is 19.6 Å². The third kappa shape index (κ3) is 5.41. The number of morpholine rings is 1. The highest BCUT2D eigenvalue weighted by molar-refractivity contribution is 7.89. The Morgan fingerprint density at radius 3 is 2.52 bits per heavy atom. The molecule has 29 heavy (non-hydrogen) atoms. The molecule has 1 heterocycles. The number of sulfonamides is 1. The van der Waals surface area contributed by atoms with Crippen LogP contribution in [0.15, 0.2) is 53.4 Å². The van der Waals surface area contributed by atoms with Gasteiger partial charge in [-0.2, -0.15) is 4.31 Å². The molecule has 0 bridgehead atoms. The molecule has 2 N–H and O–H groups in total. The summed E-state index contributed by atoms with van der Waals surface area (Å²) in [5.74, 6) is -0.806. The topological polar surface area (TPSA) is 105 Å². The fraction of sp³-hybridized carbons (Fsp3) is 0.300. The van der Waals surface area contributed by atoms with Crippen molar-refractivity contribution in [3.63, 3.8) is 0 Å². The number of aryl methyl sites for hydroxylation is 1. The maximum atomic E-state index is 12.7. The highest BCUT2D eigenvalue weighted by atomic mass is 32.2. The minimum Gasteiger partial charge on any atom is -0.379 e. The molecule has 0 unspecified atom stereocenters. The number of carbonyl (C=O) groups is 2. The van der Waals surface area contributed by atoms with E-state index in [0.29, 0.717) is 37.6 Å². The van der Waals surface area contributed by atoms with E-state index in [1.165, 1.54) is 16.4 Å². The lowest BCUT2D eigenvalue weighted by molar-refractivity contribution is -0.115. The zero-order chi connectivity index (χ0) is 20.9.